The number of rotatable bonds is 3. The second kappa shape index (κ2) is 5.13. The highest BCUT2D eigenvalue weighted by molar-refractivity contribution is 5.95. The molecule has 1 N–H and O–H groups in total. The highest BCUT2D eigenvalue weighted by atomic mass is 16.5. The fourth-order valence-corrected chi connectivity index (χ4v) is 2.10. The molecular formula is C15H14N4O. The lowest BCUT2D eigenvalue weighted by Crippen LogP contribution is -2.03. The largest absolute Gasteiger partial charge is 0.467 e. The zero-order chi connectivity index (χ0) is 13.9. The number of nitrogens with one attached hydrogen (secondary N) is 1. The second-order valence-corrected chi connectivity index (χ2v) is 4.25. The number of fused-ring (bicyclic) bond motifs is 1. The highest BCUT2D eigenvalue weighted by Crippen LogP contribution is 2.27. The van der Waals surface area contributed by atoms with Crippen LogP contribution in [0.4, 0.5) is 5.95 Å². The molecule has 0 unspecified atom stereocenters. The van der Waals surface area contributed by atoms with E-state index in [0.717, 1.165) is 16.3 Å². The van der Waals surface area contributed by atoms with Gasteiger partial charge in [0.1, 0.15) is 0 Å². The van der Waals surface area contributed by atoms with E-state index < -0.39 is 0 Å². The van der Waals surface area contributed by atoms with Crippen LogP contribution in [0.3, 0.4) is 0 Å². The summed E-state index contributed by atoms with van der Waals surface area (Å²) in [5.74, 6) is 1.08. The molecule has 5 nitrogen and oxygen atoms in total. The number of aromatic nitrogens is 3. The summed E-state index contributed by atoms with van der Waals surface area (Å²) in [6, 6.07) is 14.5. The van der Waals surface area contributed by atoms with Crippen molar-refractivity contribution < 1.29 is 4.74 Å². The molecule has 0 saturated heterocycles. The maximum atomic E-state index is 5.13. The van der Waals surface area contributed by atoms with Gasteiger partial charge in [-0.15, -0.1) is 0 Å². The summed E-state index contributed by atoms with van der Waals surface area (Å²) in [6.45, 7) is 0. The molecule has 0 aliphatic heterocycles. The van der Waals surface area contributed by atoms with Crippen LogP contribution in [0.1, 0.15) is 0 Å². The second-order valence-electron chi connectivity index (χ2n) is 4.25. The van der Waals surface area contributed by atoms with Gasteiger partial charge < -0.3 is 10.1 Å². The molecule has 3 rings (SSSR count). The third kappa shape index (κ3) is 2.14. The van der Waals surface area contributed by atoms with Crippen LogP contribution in [0.5, 0.6) is 6.01 Å². The minimum atomic E-state index is 0.298. The number of benzene rings is 2. The lowest BCUT2D eigenvalue weighted by atomic mass is 10.0. The first kappa shape index (κ1) is 12.3. The van der Waals surface area contributed by atoms with E-state index in [-0.39, 0.29) is 0 Å². The molecule has 0 amide bonds. The van der Waals surface area contributed by atoms with Crippen LogP contribution in [0.25, 0.3) is 22.2 Å². The van der Waals surface area contributed by atoms with Gasteiger partial charge in [0.05, 0.1) is 7.11 Å². The predicted molar refractivity (Wildman–Crippen MR) is 78.9 cm³/mol. The van der Waals surface area contributed by atoms with Gasteiger partial charge in [-0.05, 0) is 10.8 Å². The summed E-state index contributed by atoms with van der Waals surface area (Å²) in [5.41, 5.74) is 0.959. The SMILES string of the molecule is CNc1nc(OC)nc(-c2cccc3ccccc23)n1. The molecule has 0 bridgehead atoms. The van der Waals surface area contributed by atoms with Crippen LogP contribution < -0.4 is 10.1 Å². The average molecular weight is 266 g/mol. The molecule has 0 radical (unpaired) electrons. The van der Waals surface area contributed by atoms with E-state index in [2.05, 4.69) is 38.5 Å². The molecule has 0 aliphatic rings. The van der Waals surface area contributed by atoms with E-state index in [4.69, 9.17) is 4.74 Å². The minimum absolute atomic E-state index is 0.298. The van der Waals surface area contributed by atoms with Crippen molar-refractivity contribution in [2.24, 2.45) is 0 Å². The third-order valence-electron chi connectivity index (χ3n) is 3.05. The van der Waals surface area contributed by atoms with E-state index in [1.165, 1.54) is 0 Å². The number of hydrogen-bond acceptors (Lipinski definition) is 5. The van der Waals surface area contributed by atoms with Crippen molar-refractivity contribution >= 4 is 16.7 Å². The Morgan fingerprint density at radius 2 is 1.75 bits per heavy atom. The minimum Gasteiger partial charge on any atom is -0.467 e. The van der Waals surface area contributed by atoms with Crippen LogP contribution in [0.15, 0.2) is 42.5 Å². The van der Waals surface area contributed by atoms with Crippen LogP contribution >= 0.6 is 0 Å². The molecule has 0 fully saturated rings. The molecular weight excluding hydrogens is 252 g/mol. The summed E-state index contributed by atoms with van der Waals surface area (Å²) in [4.78, 5) is 12.9. The van der Waals surface area contributed by atoms with Gasteiger partial charge in [-0.3, -0.25) is 0 Å². The Kier molecular flexibility index (Phi) is 3.16. The molecule has 100 valence electrons. The van der Waals surface area contributed by atoms with E-state index in [1.807, 2.05) is 24.3 Å². The predicted octanol–water partition coefficient (Wildman–Crippen LogP) is 2.74. The van der Waals surface area contributed by atoms with Gasteiger partial charge in [-0.25, -0.2) is 0 Å². The Hall–Kier alpha value is -2.69. The summed E-state index contributed by atoms with van der Waals surface area (Å²) in [7, 11) is 3.31. The van der Waals surface area contributed by atoms with Gasteiger partial charge in [0.15, 0.2) is 5.82 Å². The van der Waals surface area contributed by atoms with Crippen LogP contribution in [-0.2, 0) is 0 Å². The smallest absolute Gasteiger partial charge is 0.321 e. The zero-order valence-electron chi connectivity index (χ0n) is 11.3. The standard InChI is InChI=1S/C15H14N4O/c1-16-14-17-13(18-15(19-14)20-2)12-9-5-7-10-6-3-4-8-11(10)12/h3-9H,1-2H3,(H,16,17,18,19). The number of anilines is 1. The number of ether oxygens (including phenoxy) is 1. The van der Waals surface area contributed by atoms with E-state index in [1.54, 1.807) is 14.2 Å². The quantitative estimate of drug-likeness (QED) is 0.789. The topological polar surface area (TPSA) is 59.9 Å². The Labute approximate surface area is 116 Å². The zero-order valence-corrected chi connectivity index (χ0v) is 11.3. The van der Waals surface area contributed by atoms with Crippen LogP contribution in [0, 0.1) is 0 Å². The van der Waals surface area contributed by atoms with E-state index in [9.17, 15) is 0 Å². The molecule has 3 aromatic rings. The number of nitrogens with zero attached hydrogens (tertiary/aromatic N) is 3. The third-order valence-corrected chi connectivity index (χ3v) is 3.05. The van der Waals surface area contributed by atoms with Crippen molar-refractivity contribution in [3.8, 4) is 17.4 Å². The van der Waals surface area contributed by atoms with Gasteiger partial charge in [-0.1, -0.05) is 42.5 Å². The summed E-state index contributed by atoms with van der Waals surface area (Å²) >= 11 is 0. The Morgan fingerprint density at radius 1 is 0.950 bits per heavy atom. The summed E-state index contributed by atoms with van der Waals surface area (Å²) < 4.78 is 5.13. The maximum Gasteiger partial charge on any atom is 0.321 e. The molecule has 2 aromatic carbocycles. The van der Waals surface area contributed by atoms with Crippen molar-refractivity contribution in [1.82, 2.24) is 15.0 Å². The first-order chi connectivity index (χ1) is 9.81. The molecule has 0 aliphatic carbocycles. The monoisotopic (exact) mass is 266 g/mol. The van der Waals surface area contributed by atoms with E-state index >= 15 is 0 Å². The van der Waals surface area contributed by atoms with Crippen LogP contribution in [0.2, 0.25) is 0 Å². The van der Waals surface area contributed by atoms with Crippen molar-refractivity contribution in [2.75, 3.05) is 19.5 Å². The Bertz CT molecular complexity index is 730. The Morgan fingerprint density at radius 3 is 2.55 bits per heavy atom. The lowest BCUT2D eigenvalue weighted by Gasteiger charge is -2.08. The molecule has 1 aromatic heterocycles. The number of methoxy groups -OCH3 is 1. The number of hydrogen-bond donors (Lipinski definition) is 1. The summed E-state index contributed by atoms with van der Waals surface area (Å²) in [5, 5.41) is 5.17. The highest BCUT2D eigenvalue weighted by Gasteiger charge is 2.10. The van der Waals surface area contributed by atoms with Crippen molar-refractivity contribution in [2.45, 2.75) is 0 Å². The van der Waals surface area contributed by atoms with Gasteiger partial charge in [0.25, 0.3) is 0 Å². The molecule has 0 saturated carbocycles. The average Bonchev–Trinajstić information content (AvgIpc) is 2.53. The lowest BCUT2D eigenvalue weighted by molar-refractivity contribution is 0.379. The van der Waals surface area contributed by atoms with Crippen molar-refractivity contribution in [3.05, 3.63) is 42.5 Å². The molecule has 1 heterocycles. The molecule has 0 spiro atoms. The molecule has 20 heavy (non-hydrogen) atoms. The fourth-order valence-electron chi connectivity index (χ4n) is 2.10. The fraction of sp³-hybridized carbons (Fsp3) is 0.133. The van der Waals surface area contributed by atoms with Gasteiger partial charge >= 0.3 is 6.01 Å². The molecule has 0 atom stereocenters. The van der Waals surface area contributed by atoms with Gasteiger partial charge in [-0.2, -0.15) is 15.0 Å². The van der Waals surface area contributed by atoms with E-state index in [0.29, 0.717) is 17.8 Å². The maximum absolute atomic E-state index is 5.13. The first-order valence-electron chi connectivity index (χ1n) is 6.28. The summed E-state index contributed by atoms with van der Waals surface area (Å²) in [6.07, 6.45) is 0. The van der Waals surface area contributed by atoms with Crippen molar-refractivity contribution in [3.63, 3.8) is 0 Å². The first-order valence-corrected chi connectivity index (χ1v) is 6.28. The van der Waals surface area contributed by atoms with Gasteiger partial charge in [0, 0.05) is 12.6 Å². The van der Waals surface area contributed by atoms with Gasteiger partial charge in [0.2, 0.25) is 5.95 Å². The van der Waals surface area contributed by atoms with Crippen LogP contribution in [-0.4, -0.2) is 29.1 Å². The normalized spacial score (nSPS) is 10.5. The van der Waals surface area contributed by atoms with Crippen molar-refractivity contribution in [1.29, 1.82) is 0 Å². The Balaban J connectivity index is 2.25. The molecule has 5 heteroatoms.